The molecule has 1 heterocycles. The van der Waals surface area contributed by atoms with Crippen molar-refractivity contribution in [1.82, 2.24) is 4.90 Å². The molecule has 1 aromatic carbocycles. The van der Waals surface area contributed by atoms with Crippen LogP contribution in [0, 0.1) is 5.92 Å². The Morgan fingerprint density at radius 3 is 2.67 bits per heavy atom. The topological polar surface area (TPSA) is 38.5 Å². The molecule has 1 fully saturated rings. The molecule has 0 aliphatic carbocycles. The third-order valence-corrected chi connectivity index (χ3v) is 4.35. The predicted octanol–water partition coefficient (Wildman–Crippen LogP) is 3.59. The minimum Gasteiger partial charge on any atom is -0.491 e. The summed E-state index contributed by atoms with van der Waals surface area (Å²) in [6.07, 6.45) is 2.77. The maximum absolute atomic E-state index is 6.12. The highest BCUT2D eigenvalue weighted by molar-refractivity contribution is 5.31. The molecular formula is C18H30N2O. The molecule has 2 unspecified atom stereocenters. The van der Waals surface area contributed by atoms with Gasteiger partial charge in [0.15, 0.2) is 0 Å². The SMILES string of the molecule is CC(C)Oc1cccc(C(CN)N2CCCC2C(C)C)c1. The van der Waals surface area contributed by atoms with Crippen molar-refractivity contribution in [3.63, 3.8) is 0 Å². The third-order valence-electron chi connectivity index (χ3n) is 4.35. The van der Waals surface area contributed by atoms with Crippen molar-refractivity contribution in [1.29, 1.82) is 0 Å². The van der Waals surface area contributed by atoms with E-state index < -0.39 is 0 Å². The second kappa shape index (κ2) is 7.28. The molecule has 1 aromatic rings. The van der Waals surface area contributed by atoms with Gasteiger partial charge < -0.3 is 10.5 Å². The van der Waals surface area contributed by atoms with Gasteiger partial charge in [-0.2, -0.15) is 0 Å². The molecule has 0 radical (unpaired) electrons. The van der Waals surface area contributed by atoms with Crippen LogP contribution in [0.4, 0.5) is 0 Å². The molecule has 21 heavy (non-hydrogen) atoms. The Morgan fingerprint density at radius 2 is 2.05 bits per heavy atom. The Labute approximate surface area is 129 Å². The van der Waals surface area contributed by atoms with Gasteiger partial charge in [-0.3, -0.25) is 4.90 Å². The molecule has 2 atom stereocenters. The Bertz CT molecular complexity index is 445. The molecule has 118 valence electrons. The summed E-state index contributed by atoms with van der Waals surface area (Å²) >= 11 is 0. The van der Waals surface area contributed by atoms with Crippen LogP contribution in [0.1, 0.15) is 52.1 Å². The monoisotopic (exact) mass is 290 g/mol. The smallest absolute Gasteiger partial charge is 0.120 e. The van der Waals surface area contributed by atoms with Crippen LogP contribution in [0.5, 0.6) is 5.75 Å². The summed E-state index contributed by atoms with van der Waals surface area (Å²) in [7, 11) is 0. The molecule has 3 heteroatoms. The molecule has 1 aliphatic rings. The van der Waals surface area contributed by atoms with Crippen LogP contribution in [0.15, 0.2) is 24.3 Å². The van der Waals surface area contributed by atoms with Gasteiger partial charge in [-0.05, 0) is 56.8 Å². The lowest BCUT2D eigenvalue weighted by molar-refractivity contribution is 0.149. The number of ether oxygens (including phenoxy) is 1. The second-order valence-corrected chi connectivity index (χ2v) is 6.68. The van der Waals surface area contributed by atoms with Crippen LogP contribution in [-0.2, 0) is 0 Å². The van der Waals surface area contributed by atoms with Crippen molar-refractivity contribution >= 4 is 0 Å². The van der Waals surface area contributed by atoms with E-state index in [1.165, 1.54) is 18.4 Å². The van der Waals surface area contributed by atoms with Gasteiger partial charge in [0.1, 0.15) is 5.75 Å². The fourth-order valence-corrected chi connectivity index (χ4v) is 3.45. The highest BCUT2D eigenvalue weighted by atomic mass is 16.5. The molecule has 0 bridgehead atoms. The van der Waals surface area contributed by atoms with E-state index in [-0.39, 0.29) is 6.10 Å². The average molecular weight is 290 g/mol. The molecule has 0 spiro atoms. The molecule has 3 nitrogen and oxygen atoms in total. The fraction of sp³-hybridized carbons (Fsp3) is 0.667. The van der Waals surface area contributed by atoms with Crippen molar-refractivity contribution in [2.24, 2.45) is 11.7 Å². The summed E-state index contributed by atoms with van der Waals surface area (Å²) in [5.74, 6) is 1.62. The maximum Gasteiger partial charge on any atom is 0.120 e. The van der Waals surface area contributed by atoms with Gasteiger partial charge in [0.2, 0.25) is 0 Å². The Hall–Kier alpha value is -1.06. The van der Waals surface area contributed by atoms with Crippen LogP contribution >= 0.6 is 0 Å². The molecule has 0 saturated carbocycles. The van der Waals surface area contributed by atoms with Gasteiger partial charge >= 0.3 is 0 Å². The van der Waals surface area contributed by atoms with Crippen LogP contribution in [0.25, 0.3) is 0 Å². The van der Waals surface area contributed by atoms with E-state index in [2.05, 4.69) is 50.8 Å². The van der Waals surface area contributed by atoms with E-state index in [4.69, 9.17) is 10.5 Å². The first-order valence-corrected chi connectivity index (χ1v) is 8.25. The van der Waals surface area contributed by atoms with E-state index in [0.717, 1.165) is 12.3 Å². The van der Waals surface area contributed by atoms with Gasteiger partial charge in [-0.1, -0.05) is 26.0 Å². The highest BCUT2D eigenvalue weighted by Gasteiger charge is 2.32. The van der Waals surface area contributed by atoms with Gasteiger partial charge in [0.05, 0.1) is 6.10 Å². The van der Waals surface area contributed by atoms with Gasteiger partial charge in [-0.25, -0.2) is 0 Å². The quantitative estimate of drug-likeness (QED) is 0.870. The number of rotatable bonds is 6. The van der Waals surface area contributed by atoms with Crippen molar-refractivity contribution in [3.05, 3.63) is 29.8 Å². The van der Waals surface area contributed by atoms with Crippen molar-refractivity contribution in [2.45, 2.75) is 58.7 Å². The van der Waals surface area contributed by atoms with Crippen LogP contribution in [0.3, 0.4) is 0 Å². The van der Waals surface area contributed by atoms with E-state index in [9.17, 15) is 0 Å². The Morgan fingerprint density at radius 1 is 1.29 bits per heavy atom. The molecule has 2 rings (SSSR count). The molecule has 1 saturated heterocycles. The van der Waals surface area contributed by atoms with Gasteiger partial charge in [0.25, 0.3) is 0 Å². The van der Waals surface area contributed by atoms with Crippen molar-refractivity contribution in [3.8, 4) is 5.75 Å². The van der Waals surface area contributed by atoms with Crippen molar-refractivity contribution in [2.75, 3.05) is 13.1 Å². The summed E-state index contributed by atoms with van der Waals surface area (Å²) < 4.78 is 5.83. The fourth-order valence-electron chi connectivity index (χ4n) is 3.45. The van der Waals surface area contributed by atoms with E-state index in [0.29, 0.717) is 24.5 Å². The number of nitrogens with two attached hydrogens (primary N) is 1. The maximum atomic E-state index is 6.12. The lowest BCUT2D eigenvalue weighted by Gasteiger charge is -2.35. The number of hydrogen-bond acceptors (Lipinski definition) is 3. The molecule has 0 aromatic heterocycles. The number of likely N-dealkylation sites (tertiary alicyclic amines) is 1. The minimum absolute atomic E-state index is 0.201. The second-order valence-electron chi connectivity index (χ2n) is 6.68. The third kappa shape index (κ3) is 3.98. The largest absolute Gasteiger partial charge is 0.491 e. The first-order chi connectivity index (χ1) is 10.0. The minimum atomic E-state index is 0.201. The molecule has 0 amide bonds. The van der Waals surface area contributed by atoms with E-state index in [1.54, 1.807) is 0 Å². The van der Waals surface area contributed by atoms with Crippen LogP contribution < -0.4 is 10.5 Å². The number of hydrogen-bond donors (Lipinski definition) is 1. The Kier molecular flexibility index (Phi) is 5.65. The summed E-state index contributed by atoms with van der Waals surface area (Å²) in [5.41, 5.74) is 7.40. The first kappa shape index (κ1) is 16.3. The van der Waals surface area contributed by atoms with Crippen molar-refractivity contribution < 1.29 is 4.74 Å². The van der Waals surface area contributed by atoms with Crippen LogP contribution in [-0.4, -0.2) is 30.1 Å². The zero-order chi connectivity index (χ0) is 15.4. The lowest BCUT2D eigenvalue weighted by atomic mass is 9.98. The van der Waals surface area contributed by atoms with E-state index >= 15 is 0 Å². The standard InChI is InChI=1S/C18H30N2O/c1-13(2)17-9-6-10-20(17)18(12-19)15-7-5-8-16(11-15)21-14(3)4/h5,7-8,11,13-14,17-18H,6,9-10,12,19H2,1-4H3. The predicted molar refractivity (Wildman–Crippen MR) is 88.6 cm³/mol. The number of nitrogens with zero attached hydrogens (tertiary/aromatic N) is 1. The molecule has 2 N–H and O–H groups in total. The van der Waals surface area contributed by atoms with Crippen LogP contribution in [0.2, 0.25) is 0 Å². The Balaban J connectivity index is 2.20. The summed E-state index contributed by atoms with van der Waals surface area (Å²) in [4.78, 5) is 2.60. The summed E-state index contributed by atoms with van der Waals surface area (Å²) in [6.45, 7) is 10.6. The first-order valence-electron chi connectivity index (χ1n) is 8.25. The summed E-state index contributed by atoms with van der Waals surface area (Å²) in [5, 5.41) is 0. The average Bonchev–Trinajstić information content (AvgIpc) is 2.88. The number of benzene rings is 1. The van der Waals surface area contributed by atoms with Gasteiger partial charge in [-0.15, -0.1) is 0 Å². The molecule has 1 aliphatic heterocycles. The zero-order valence-corrected chi connectivity index (χ0v) is 13.9. The summed E-state index contributed by atoms with van der Waals surface area (Å²) in [6, 6.07) is 9.40. The normalized spacial score (nSPS) is 21.2. The highest BCUT2D eigenvalue weighted by Crippen LogP contribution is 2.33. The molecular weight excluding hydrogens is 260 g/mol. The van der Waals surface area contributed by atoms with E-state index in [1.807, 2.05) is 6.07 Å². The lowest BCUT2D eigenvalue weighted by Crippen LogP contribution is -2.39. The van der Waals surface area contributed by atoms with Gasteiger partial charge in [0, 0.05) is 18.6 Å². The zero-order valence-electron chi connectivity index (χ0n) is 13.9.